The van der Waals surface area contributed by atoms with Gasteiger partial charge in [-0.05, 0) is 79.8 Å². The lowest BCUT2D eigenvalue weighted by Crippen LogP contribution is -2.29. The fourth-order valence-electron chi connectivity index (χ4n) is 4.22. The second kappa shape index (κ2) is 12.9. The Hall–Kier alpha value is -3.88. The molecule has 0 aromatic heterocycles. The first-order chi connectivity index (χ1) is 18.0. The van der Waals surface area contributed by atoms with E-state index in [0.717, 1.165) is 36.8 Å². The van der Waals surface area contributed by atoms with Gasteiger partial charge in [-0.3, -0.25) is 9.79 Å². The first-order valence-corrected chi connectivity index (χ1v) is 12.7. The van der Waals surface area contributed by atoms with Crippen molar-refractivity contribution in [3.8, 4) is 17.2 Å². The maximum absolute atomic E-state index is 11.8. The molecule has 8 nitrogen and oxygen atoms in total. The molecule has 1 saturated carbocycles. The number of hydrogen-bond acceptors (Lipinski definition) is 6. The molecule has 1 fully saturated rings. The van der Waals surface area contributed by atoms with Crippen LogP contribution in [0.5, 0.6) is 17.2 Å². The van der Waals surface area contributed by atoms with E-state index < -0.39 is 0 Å². The predicted molar refractivity (Wildman–Crippen MR) is 147 cm³/mol. The SMILES string of the molecule is NCCC(=O)Nc1cccc(COc2cccc(Oc3ccc(C(N)=NC4CCC(N)CC4)cc3)c2)c1. The first kappa shape index (κ1) is 26.2. The Labute approximate surface area is 217 Å². The van der Waals surface area contributed by atoms with Crippen molar-refractivity contribution < 1.29 is 14.3 Å². The summed E-state index contributed by atoms with van der Waals surface area (Å²) in [6.45, 7) is 0.667. The molecule has 0 saturated heterocycles. The van der Waals surface area contributed by atoms with E-state index in [-0.39, 0.29) is 18.4 Å². The number of nitrogens with zero attached hydrogens (tertiary/aromatic N) is 1. The van der Waals surface area contributed by atoms with Gasteiger partial charge in [0.25, 0.3) is 0 Å². The Morgan fingerprint density at radius 1 is 0.919 bits per heavy atom. The van der Waals surface area contributed by atoms with Crippen LogP contribution >= 0.6 is 0 Å². The van der Waals surface area contributed by atoms with Crippen molar-refractivity contribution in [3.63, 3.8) is 0 Å². The van der Waals surface area contributed by atoms with Gasteiger partial charge in [-0.25, -0.2) is 0 Å². The molecule has 8 heteroatoms. The number of carbonyl (C=O) groups excluding carboxylic acids is 1. The van der Waals surface area contributed by atoms with Crippen molar-refractivity contribution in [2.75, 3.05) is 11.9 Å². The van der Waals surface area contributed by atoms with Gasteiger partial charge >= 0.3 is 0 Å². The number of nitrogens with one attached hydrogen (secondary N) is 1. The predicted octanol–water partition coefficient (Wildman–Crippen LogP) is 4.32. The van der Waals surface area contributed by atoms with E-state index in [1.165, 1.54) is 0 Å². The quantitative estimate of drug-likeness (QED) is 0.241. The van der Waals surface area contributed by atoms with Crippen molar-refractivity contribution in [2.24, 2.45) is 22.2 Å². The van der Waals surface area contributed by atoms with Crippen molar-refractivity contribution in [2.45, 2.75) is 50.8 Å². The molecule has 0 atom stereocenters. The smallest absolute Gasteiger partial charge is 0.225 e. The van der Waals surface area contributed by atoms with E-state index in [1.54, 1.807) is 0 Å². The zero-order valence-electron chi connectivity index (χ0n) is 20.9. The third kappa shape index (κ3) is 8.06. The molecule has 0 radical (unpaired) electrons. The molecule has 1 aliphatic rings. The number of benzene rings is 3. The highest BCUT2D eigenvalue weighted by Crippen LogP contribution is 2.27. The molecule has 0 unspecified atom stereocenters. The maximum Gasteiger partial charge on any atom is 0.225 e. The molecule has 4 rings (SSSR count). The first-order valence-electron chi connectivity index (χ1n) is 12.7. The fourth-order valence-corrected chi connectivity index (χ4v) is 4.22. The Kier molecular flexibility index (Phi) is 9.13. The summed E-state index contributed by atoms with van der Waals surface area (Å²) >= 11 is 0. The number of nitrogens with two attached hydrogens (primary N) is 3. The van der Waals surface area contributed by atoms with Gasteiger partial charge in [-0.2, -0.15) is 0 Å². The maximum atomic E-state index is 11.8. The summed E-state index contributed by atoms with van der Waals surface area (Å²) in [5.41, 5.74) is 20.2. The van der Waals surface area contributed by atoms with E-state index in [9.17, 15) is 4.79 Å². The van der Waals surface area contributed by atoms with E-state index >= 15 is 0 Å². The number of rotatable bonds is 10. The van der Waals surface area contributed by atoms with Crippen molar-refractivity contribution in [1.82, 2.24) is 0 Å². The van der Waals surface area contributed by atoms with Crippen LogP contribution in [-0.4, -0.2) is 30.4 Å². The van der Waals surface area contributed by atoms with Crippen LogP contribution in [0.15, 0.2) is 77.8 Å². The Morgan fingerprint density at radius 3 is 2.41 bits per heavy atom. The highest BCUT2D eigenvalue weighted by molar-refractivity contribution is 5.97. The molecule has 3 aromatic rings. The summed E-state index contributed by atoms with van der Waals surface area (Å²) < 4.78 is 12.0. The van der Waals surface area contributed by atoms with Crippen LogP contribution in [0.25, 0.3) is 0 Å². The van der Waals surface area contributed by atoms with Gasteiger partial charge in [0, 0.05) is 36.3 Å². The number of carbonyl (C=O) groups is 1. The topological polar surface area (TPSA) is 138 Å². The molecule has 1 aliphatic carbocycles. The molecule has 3 aromatic carbocycles. The van der Waals surface area contributed by atoms with Gasteiger partial charge < -0.3 is 32.0 Å². The lowest BCUT2D eigenvalue weighted by atomic mass is 9.92. The number of hydrogen-bond donors (Lipinski definition) is 4. The van der Waals surface area contributed by atoms with Crippen LogP contribution in [-0.2, 0) is 11.4 Å². The lowest BCUT2D eigenvalue weighted by molar-refractivity contribution is -0.116. The molecule has 194 valence electrons. The molecule has 1 amide bonds. The molecule has 0 bridgehead atoms. The summed E-state index contributed by atoms with van der Waals surface area (Å²) in [4.78, 5) is 16.5. The average Bonchev–Trinajstić information content (AvgIpc) is 2.90. The third-order valence-corrected chi connectivity index (χ3v) is 6.24. The highest BCUT2D eigenvalue weighted by Gasteiger charge is 2.18. The largest absolute Gasteiger partial charge is 0.489 e. The lowest BCUT2D eigenvalue weighted by Gasteiger charge is -2.23. The van der Waals surface area contributed by atoms with Crippen LogP contribution in [0.4, 0.5) is 5.69 Å². The third-order valence-electron chi connectivity index (χ3n) is 6.24. The standard InChI is InChI=1S/C29H35N5O3/c30-16-15-28(35)33-24-4-1-3-20(17-24)19-36-26-5-2-6-27(18-26)37-25-13-7-21(8-14-25)29(32)34-23-11-9-22(31)10-12-23/h1-8,13-14,17-18,22-23H,9-12,15-16,19,30-31H2,(H2,32,34)(H,33,35). The fraction of sp³-hybridized carbons (Fsp3) is 0.310. The minimum atomic E-state index is -0.108. The average molecular weight is 502 g/mol. The summed E-state index contributed by atoms with van der Waals surface area (Å²) in [5.74, 6) is 2.47. The normalized spacial score (nSPS) is 17.7. The number of anilines is 1. The van der Waals surface area contributed by atoms with E-state index in [4.69, 9.17) is 31.7 Å². The molecule has 0 heterocycles. The van der Waals surface area contributed by atoms with Crippen LogP contribution in [0.2, 0.25) is 0 Å². The van der Waals surface area contributed by atoms with Gasteiger partial charge in [0.2, 0.25) is 5.91 Å². The number of amides is 1. The molecule has 37 heavy (non-hydrogen) atoms. The highest BCUT2D eigenvalue weighted by atomic mass is 16.5. The summed E-state index contributed by atoms with van der Waals surface area (Å²) in [7, 11) is 0. The van der Waals surface area contributed by atoms with Gasteiger partial charge in [0.15, 0.2) is 0 Å². The van der Waals surface area contributed by atoms with Gasteiger partial charge in [0.1, 0.15) is 29.7 Å². The van der Waals surface area contributed by atoms with Crippen LogP contribution < -0.4 is 32.0 Å². The van der Waals surface area contributed by atoms with Crippen LogP contribution in [0.1, 0.15) is 43.2 Å². The Balaban J connectivity index is 1.32. The van der Waals surface area contributed by atoms with E-state index in [0.29, 0.717) is 48.0 Å². The van der Waals surface area contributed by atoms with Gasteiger partial charge in [-0.1, -0.05) is 18.2 Å². The van der Waals surface area contributed by atoms with Gasteiger partial charge in [-0.15, -0.1) is 0 Å². The van der Waals surface area contributed by atoms with E-state index in [2.05, 4.69) is 5.32 Å². The number of aliphatic imine (C=N–C) groups is 1. The monoisotopic (exact) mass is 501 g/mol. The number of amidine groups is 1. The summed E-state index contributed by atoms with van der Waals surface area (Å²) in [6, 6.07) is 23.1. The molecule has 0 spiro atoms. The zero-order valence-corrected chi connectivity index (χ0v) is 20.9. The second-order valence-corrected chi connectivity index (χ2v) is 9.26. The molecular weight excluding hydrogens is 466 g/mol. The molecule has 7 N–H and O–H groups in total. The zero-order chi connectivity index (χ0) is 26.0. The van der Waals surface area contributed by atoms with Crippen LogP contribution in [0.3, 0.4) is 0 Å². The minimum Gasteiger partial charge on any atom is -0.489 e. The minimum absolute atomic E-state index is 0.108. The van der Waals surface area contributed by atoms with Gasteiger partial charge in [0.05, 0.1) is 6.04 Å². The van der Waals surface area contributed by atoms with E-state index in [1.807, 2.05) is 72.8 Å². The second-order valence-electron chi connectivity index (χ2n) is 9.26. The molecular formula is C29H35N5O3. The van der Waals surface area contributed by atoms with Crippen molar-refractivity contribution in [1.29, 1.82) is 0 Å². The van der Waals surface area contributed by atoms with Crippen molar-refractivity contribution in [3.05, 3.63) is 83.9 Å². The molecule has 0 aliphatic heterocycles. The summed E-state index contributed by atoms with van der Waals surface area (Å²) in [6.07, 6.45) is 4.25. The van der Waals surface area contributed by atoms with Crippen LogP contribution in [0, 0.1) is 0 Å². The van der Waals surface area contributed by atoms with Crippen molar-refractivity contribution >= 4 is 17.4 Å². The number of ether oxygens (including phenoxy) is 2. The Morgan fingerprint density at radius 2 is 1.65 bits per heavy atom. The summed E-state index contributed by atoms with van der Waals surface area (Å²) in [5, 5.41) is 2.84. The Bertz CT molecular complexity index is 1200.